The topological polar surface area (TPSA) is 69.5 Å². The molecule has 148 valence electrons. The van der Waals surface area contributed by atoms with E-state index in [0.717, 1.165) is 23.6 Å². The number of ether oxygens (including phenoxy) is 2. The number of fused-ring (bicyclic) bond motifs is 1. The number of aryl methyl sites for hydroxylation is 1. The second kappa shape index (κ2) is 7.24. The van der Waals surface area contributed by atoms with Gasteiger partial charge in [-0.05, 0) is 31.2 Å². The number of hydrogen-bond acceptors (Lipinski definition) is 5. The van der Waals surface area contributed by atoms with Gasteiger partial charge in [0.25, 0.3) is 5.91 Å². The highest BCUT2D eigenvalue weighted by molar-refractivity contribution is 5.82. The molecule has 29 heavy (non-hydrogen) atoms. The number of benzene rings is 1. The maximum atomic E-state index is 12.8. The monoisotopic (exact) mass is 390 g/mol. The van der Waals surface area contributed by atoms with Crippen molar-refractivity contribution < 1.29 is 14.3 Å². The third-order valence-electron chi connectivity index (χ3n) is 5.49. The fourth-order valence-electron chi connectivity index (χ4n) is 3.89. The third-order valence-corrected chi connectivity index (χ3v) is 5.49. The van der Waals surface area contributed by atoms with Crippen molar-refractivity contribution in [2.45, 2.75) is 19.6 Å². The predicted octanol–water partition coefficient (Wildman–Crippen LogP) is 2.55. The summed E-state index contributed by atoms with van der Waals surface area (Å²) in [6.45, 7) is 4.58. The molecule has 0 aliphatic carbocycles. The number of hydrogen-bond donors (Lipinski definition) is 0. The van der Waals surface area contributed by atoms with Crippen LogP contribution in [0.2, 0.25) is 0 Å². The number of para-hydroxylation sites is 2. The molecule has 2 aromatic heterocycles. The van der Waals surface area contributed by atoms with Gasteiger partial charge in [0.2, 0.25) is 6.10 Å². The van der Waals surface area contributed by atoms with Crippen LogP contribution in [0.4, 0.5) is 0 Å². The Morgan fingerprint density at radius 2 is 1.90 bits per heavy atom. The average molecular weight is 390 g/mol. The Morgan fingerprint density at radius 3 is 2.69 bits per heavy atom. The molecule has 0 N–H and O–H groups in total. The van der Waals surface area contributed by atoms with Gasteiger partial charge in [0, 0.05) is 55.4 Å². The first-order valence-electron chi connectivity index (χ1n) is 9.79. The molecule has 1 unspecified atom stereocenters. The van der Waals surface area contributed by atoms with E-state index in [-0.39, 0.29) is 12.5 Å². The fraction of sp³-hybridized carbons (Fsp3) is 0.318. The van der Waals surface area contributed by atoms with E-state index in [1.807, 2.05) is 47.5 Å². The molecule has 1 fully saturated rings. The van der Waals surface area contributed by atoms with Gasteiger partial charge in [0.1, 0.15) is 12.4 Å². The molecule has 1 amide bonds. The number of aromatic nitrogens is 3. The fourth-order valence-corrected chi connectivity index (χ4v) is 3.89. The zero-order valence-corrected chi connectivity index (χ0v) is 16.2. The lowest BCUT2D eigenvalue weighted by molar-refractivity contribution is -0.148. The number of imidazole rings is 1. The number of carbonyl (C=O) groups is 1. The van der Waals surface area contributed by atoms with Crippen molar-refractivity contribution >= 4 is 5.91 Å². The lowest BCUT2D eigenvalue weighted by Gasteiger charge is -2.41. The van der Waals surface area contributed by atoms with Crippen LogP contribution in [-0.4, -0.2) is 51.1 Å². The molecule has 0 bridgehead atoms. The third kappa shape index (κ3) is 3.33. The lowest BCUT2D eigenvalue weighted by atomic mass is 9.98. The summed E-state index contributed by atoms with van der Waals surface area (Å²) in [4.78, 5) is 23.3. The molecule has 1 atom stereocenters. The van der Waals surface area contributed by atoms with E-state index in [9.17, 15) is 4.79 Å². The average Bonchev–Trinajstić information content (AvgIpc) is 3.10. The van der Waals surface area contributed by atoms with Gasteiger partial charge in [-0.25, -0.2) is 4.98 Å². The molecule has 7 heteroatoms. The highest BCUT2D eigenvalue weighted by atomic mass is 16.6. The Balaban J connectivity index is 1.21. The van der Waals surface area contributed by atoms with Crippen LogP contribution >= 0.6 is 0 Å². The van der Waals surface area contributed by atoms with Gasteiger partial charge in [-0.15, -0.1) is 0 Å². The van der Waals surface area contributed by atoms with Gasteiger partial charge in [0.15, 0.2) is 11.5 Å². The van der Waals surface area contributed by atoms with Crippen LogP contribution in [0, 0.1) is 12.8 Å². The van der Waals surface area contributed by atoms with E-state index >= 15 is 0 Å². The second-order valence-corrected chi connectivity index (χ2v) is 7.54. The highest BCUT2D eigenvalue weighted by Gasteiger charge is 2.38. The van der Waals surface area contributed by atoms with Crippen LogP contribution in [0.3, 0.4) is 0 Å². The summed E-state index contributed by atoms with van der Waals surface area (Å²) in [5.41, 5.74) is 2.16. The van der Waals surface area contributed by atoms with Gasteiger partial charge in [0.05, 0.1) is 0 Å². The second-order valence-electron chi connectivity index (χ2n) is 7.54. The zero-order chi connectivity index (χ0) is 19.8. The van der Waals surface area contributed by atoms with E-state index in [1.165, 1.54) is 0 Å². The number of rotatable bonds is 4. The minimum absolute atomic E-state index is 0.00698. The lowest BCUT2D eigenvalue weighted by Crippen LogP contribution is -2.57. The van der Waals surface area contributed by atoms with Gasteiger partial charge >= 0.3 is 0 Å². The first-order valence-corrected chi connectivity index (χ1v) is 9.79. The van der Waals surface area contributed by atoms with E-state index in [0.29, 0.717) is 30.5 Å². The van der Waals surface area contributed by atoms with Crippen LogP contribution < -0.4 is 9.47 Å². The van der Waals surface area contributed by atoms with Crippen molar-refractivity contribution in [3.05, 3.63) is 60.7 Å². The van der Waals surface area contributed by atoms with Crippen molar-refractivity contribution in [1.29, 1.82) is 0 Å². The SMILES string of the molecule is Cc1cnc(-c2ccncc2)n1CC1CN(C(=O)C2COc3ccccc3O2)C1. The van der Waals surface area contributed by atoms with Gasteiger partial charge in [-0.3, -0.25) is 9.78 Å². The molecule has 1 saturated heterocycles. The first-order chi connectivity index (χ1) is 14.2. The minimum atomic E-state index is -0.576. The Bertz CT molecular complexity index is 1030. The summed E-state index contributed by atoms with van der Waals surface area (Å²) in [5, 5.41) is 0. The van der Waals surface area contributed by atoms with E-state index < -0.39 is 6.10 Å². The molecule has 5 rings (SSSR count). The molecule has 0 radical (unpaired) electrons. The first kappa shape index (κ1) is 17.7. The van der Waals surface area contributed by atoms with Gasteiger partial charge < -0.3 is 18.9 Å². The number of carbonyl (C=O) groups excluding carboxylic acids is 1. The van der Waals surface area contributed by atoms with Crippen molar-refractivity contribution in [3.63, 3.8) is 0 Å². The molecule has 3 aromatic rings. The predicted molar refractivity (Wildman–Crippen MR) is 107 cm³/mol. The minimum Gasteiger partial charge on any atom is -0.485 e. The summed E-state index contributed by atoms with van der Waals surface area (Å²) in [6, 6.07) is 11.4. The maximum Gasteiger partial charge on any atom is 0.267 e. The number of nitrogens with zero attached hydrogens (tertiary/aromatic N) is 4. The number of pyridine rings is 1. The molecular formula is C22H22N4O3. The molecule has 0 spiro atoms. The van der Waals surface area contributed by atoms with Crippen LogP contribution in [0.15, 0.2) is 55.0 Å². The molecule has 2 aliphatic heterocycles. The quantitative estimate of drug-likeness (QED) is 0.685. The summed E-state index contributed by atoms with van der Waals surface area (Å²) in [6.07, 6.45) is 4.87. The molecular weight excluding hydrogens is 368 g/mol. The number of amides is 1. The number of likely N-dealkylation sites (tertiary alicyclic amines) is 1. The molecule has 7 nitrogen and oxygen atoms in total. The highest BCUT2D eigenvalue weighted by Crippen LogP contribution is 2.32. The van der Waals surface area contributed by atoms with Crippen LogP contribution in [0.25, 0.3) is 11.4 Å². The van der Waals surface area contributed by atoms with Crippen LogP contribution in [0.1, 0.15) is 5.69 Å². The molecule has 4 heterocycles. The van der Waals surface area contributed by atoms with Crippen molar-refractivity contribution in [1.82, 2.24) is 19.4 Å². The van der Waals surface area contributed by atoms with E-state index in [2.05, 4.69) is 21.5 Å². The van der Waals surface area contributed by atoms with Gasteiger partial charge in [-0.2, -0.15) is 0 Å². The Kier molecular flexibility index (Phi) is 4.42. The van der Waals surface area contributed by atoms with E-state index in [4.69, 9.17) is 9.47 Å². The Morgan fingerprint density at radius 1 is 1.14 bits per heavy atom. The summed E-state index contributed by atoms with van der Waals surface area (Å²) in [5.74, 6) is 2.65. The molecule has 1 aromatic carbocycles. The van der Waals surface area contributed by atoms with Crippen LogP contribution in [-0.2, 0) is 11.3 Å². The molecule has 0 saturated carbocycles. The molecule has 2 aliphatic rings. The van der Waals surface area contributed by atoms with Crippen molar-refractivity contribution in [3.8, 4) is 22.9 Å². The summed E-state index contributed by atoms with van der Waals surface area (Å²) >= 11 is 0. The Labute approximate surface area is 168 Å². The summed E-state index contributed by atoms with van der Waals surface area (Å²) in [7, 11) is 0. The van der Waals surface area contributed by atoms with Gasteiger partial charge in [-0.1, -0.05) is 12.1 Å². The van der Waals surface area contributed by atoms with Crippen molar-refractivity contribution in [2.24, 2.45) is 5.92 Å². The Hall–Kier alpha value is -3.35. The standard InChI is InChI=1S/C22H22N4O3/c1-15-10-24-21(17-6-8-23-9-7-17)26(15)13-16-11-25(12-16)22(27)20-14-28-18-4-2-3-5-19(18)29-20/h2-10,16,20H,11-14H2,1H3. The summed E-state index contributed by atoms with van der Waals surface area (Å²) < 4.78 is 13.7. The van der Waals surface area contributed by atoms with Crippen molar-refractivity contribution in [2.75, 3.05) is 19.7 Å². The zero-order valence-electron chi connectivity index (χ0n) is 16.2. The normalized spacial score (nSPS) is 18.4. The smallest absolute Gasteiger partial charge is 0.267 e. The maximum absolute atomic E-state index is 12.8. The largest absolute Gasteiger partial charge is 0.485 e. The van der Waals surface area contributed by atoms with Crippen LogP contribution in [0.5, 0.6) is 11.5 Å². The van der Waals surface area contributed by atoms with E-state index in [1.54, 1.807) is 12.4 Å².